The molecule has 4 aromatic carbocycles. The van der Waals surface area contributed by atoms with Crippen LogP contribution in [0.1, 0.15) is 34.2 Å². The highest BCUT2D eigenvalue weighted by molar-refractivity contribution is 6.06. The van der Waals surface area contributed by atoms with E-state index in [1.54, 1.807) is 0 Å². The summed E-state index contributed by atoms with van der Waals surface area (Å²) in [5.74, 6) is -0.445. The van der Waals surface area contributed by atoms with Gasteiger partial charge in [-0.3, -0.25) is 4.79 Å². The van der Waals surface area contributed by atoms with Gasteiger partial charge in [0.1, 0.15) is 6.61 Å². The molecule has 0 aromatic heterocycles. The molecule has 0 spiro atoms. The Balaban J connectivity index is 1.44. The minimum atomic E-state index is -0.443. The largest absolute Gasteiger partial charge is 0.458 e. The first-order chi connectivity index (χ1) is 19.6. The van der Waals surface area contributed by atoms with E-state index in [1.807, 2.05) is 24.3 Å². The molecule has 0 amide bonds. The number of ketones is 1. The summed E-state index contributed by atoms with van der Waals surface area (Å²) in [6.45, 7) is 7.24. The summed E-state index contributed by atoms with van der Waals surface area (Å²) in [4.78, 5) is 25.8. The highest BCUT2D eigenvalue weighted by Crippen LogP contribution is 2.46. The smallest absolute Gasteiger partial charge is 0.330 e. The molecule has 196 valence electrons. The molecule has 4 nitrogen and oxygen atoms in total. The Morgan fingerprint density at radius 3 is 2.23 bits per heavy atom. The Morgan fingerprint density at radius 2 is 1.52 bits per heavy atom. The predicted octanol–water partition coefficient (Wildman–Crippen LogP) is 7.89. The lowest BCUT2D eigenvalue weighted by Gasteiger charge is -2.34. The Hall–Kier alpha value is -4.96. The number of anilines is 2. The lowest BCUT2D eigenvalue weighted by Crippen LogP contribution is -2.19. The van der Waals surface area contributed by atoms with Gasteiger partial charge in [0, 0.05) is 29.4 Å². The van der Waals surface area contributed by atoms with E-state index in [0.717, 1.165) is 41.0 Å². The zero-order chi connectivity index (χ0) is 27.6. The van der Waals surface area contributed by atoms with Gasteiger partial charge < -0.3 is 9.64 Å². The van der Waals surface area contributed by atoms with Crippen molar-refractivity contribution in [2.24, 2.45) is 0 Å². The second kappa shape index (κ2) is 10.7. The molecular weight excluding hydrogens is 494 g/mol. The fourth-order valence-corrected chi connectivity index (χ4v) is 5.64. The Labute approximate surface area is 234 Å². The van der Waals surface area contributed by atoms with Crippen LogP contribution < -0.4 is 4.90 Å². The molecule has 0 radical (unpaired) electrons. The Morgan fingerprint density at radius 1 is 0.800 bits per heavy atom. The number of esters is 1. The summed E-state index contributed by atoms with van der Waals surface area (Å²) < 4.78 is 5.23. The molecule has 0 heterocycles. The number of carbonyl (C=O) groups excluding carboxylic acids is 2. The van der Waals surface area contributed by atoms with Gasteiger partial charge in [-0.2, -0.15) is 0 Å². The maximum Gasteiger partial charge on any atom is 0.330 e. The van der Waals surface area contributed by atoms with Gasteiger partial charge in [0.05, 0.1) is 5.70 Å². The average molecular weight is 524 g/mol. The molecule has 0 saturated heterocycles. The maximum atomic E-state index is 11.9. The lowest BCUT2D eigenvalue weighted by molar-refractivity contribution is -0.139. The van der Waals surface area contributed by atoms with E-state index in [1.165, 1.54) is 45.2 Å². The number of ether oxygens (including phenoxy) is 1. The van der Waals surface area contributed by atoms with Crippen molar-refractivity contribution in [3.05, 3.63) is 144 Å². The summed E-state index contributed by atoms with van der Waals surface area (Å²) in [5, 5.41) is 2.62. The summed E-state index contributed by atoms with van der Waals surface area (Å²) in [6, 6.07) is 27.2. The third-order valence-corrected chi connectivity index (χ3v) is 7.60. The van der Waals surface area contributed by atoms with Crippen LogP contribution in [0, 0.1) is 0 Å². The third-order valence-electron chi connectivity index (χ3n) is 7.60. The van der Waals surface area contributed by atoms with Crippen LogP contribution >= 0.6 is 0 Å². The van der Waals surface area contributed by atoms with Crippen molar-refractivity contribution in [2.45, 2.75) is 25.9 Å². The molecule has 4 heteroatoms. The fourth-order valence-electron chi connectivity index (χ4n) is 5.64. The van der Waals surface area contributed by atoms with Gasteiger partial charge in [0.2, 0.25) is 0 Å². The first kappa shape index (κ1) is 25.3. The molecule has 2 aliphatic rings. The van der Waals surface area contributed by atoms with E-state index < -0.39 is 5.97 Å². The zero-order valence-corrected chi connectivity index (χ0v) is 22.2. The molecule has 0 atom stereocenters. The van der Waals surface area contributed by atoms with E-state index in [2.05, 4.69) is 84.8 Å². The van der Waals surface area contributed by atoms with Gasteiger partial charge in [-0.05, 0) is 81.8 Å². The van der Waals surface area contributed by atoms with Crippen LogP contribution in [-0.4, -0.2) is 11.8 Å². The normalized spacial score (nSPS) is 13.2. The molecule has 0 aliphatic heterocycles. The van der Waals surface area contributed by atoms with Crippen molar-refractivity contribution in [3.8, 4) is 0 Å². The van der Waals surface area contributed by atoms with Gasteiger partial charge in [-0.15, -0.1) is 0 Å². The number of hydrogen-bond donors (Lipinski definition) is 0. The van der Waals surface area contributed by atoms with Crippen LogP contribution in [0.5, 0.6) is 0 Å². The molecule has 0 bridgehead atoms. The second-order valence-corrected chi connectivity index (χ2v) is 10.1. The SMILES string of the molecule is C=CC(=O)Cc1ccc(N(C2=CCC3=CCc4cccc5ccc2c3c45)c2ccc(COC(=O)C=C)cc2)cc1. The average Bonchev–Trinajstić information content (AvgIpc) is 3.00. The van der Waals surface area contributed by atoms with E-state index >= 15 is 0 Å². The number of benzene rings is 4. The monoisotopic (exact) mass is 523 g/mol. The molecule has 0 fully saturated rings. The summed E-state index contributed by atoms with van der Waals surface area (Å²) in [7, 11) is 0. The Kier molecular flexibility index (Phi) is 6.75. The number of rotatable bonds is 9. The standard InChI is InChI=1S/C36H29NO3/c1-3-31(38)22-24-8-16-29(17-9-24)37(30-18-10-25(11-19-30)23-40-34(39)4-2)33-21-15-28-13-12-26-6-5-7-27-14-20-32(33)36(28)35(26)27/h3-11,13-14,16-21H,1-2,12,15,22-23H2. The van der Waals surface area contributed by atoms with Gasteiger partial charge in [-0.1, -0.05) is 79.9 Å². The first-order valence-corrected chi connectivity index (χ1v) is 13.4. The number of hydrogen-bond acceptors (Lipinski definition) is 4. The van der Waals surface area contributed by atoms with Crippen molar-refractivity contribution in [1.82, 2.24) is 0 Å². The quantitative estimate of drug-likeness (QED) is 0.165. The number of allylic oxidation sites excluding steroid dienone is 4. The molecule has 0 N–H and O–H groups in total. The highest BCUT2D eigenvalue weighted by Gasteiger charge is 2.27. The number of carbonyl (C=O) groups is 2. The number of nitrogens with zero attached hydrogens (tertiary/aromatic N) is 1. The van der Waals surface area contributed by atoms with Crippen LogP contribution in [0.2, 0.25) is 0 Å². The maximum absolute atomic E-state index is 11.9. The summed E-state index contributed by atoms with van der Waals surface area (Å²) >= 11 is 0. The topological polar surface area (TPSA) is 46.6 Å². The second-order valence-electron chi connectivity index (χ2n) is 10.1. The van der Waals surface area contributed by atoms with E-state index in [-0.39, 0.29) is 12.4 Å². The van der Waals surface area contributed by atoms with Gasteiger partial charge in [0.15, 0.2) is 5.78 Å². The minimum absolute atomic E-state index is 0.00211. The molecule has 40 heavy (non-hydrogen) atoms. The molecule has 2 aliphatic carbocycles. The van der Waals surface area contributed by atoms with Gasteiger partial charge in [-0.25, -0.2) is 4.79 Å². The third kappa shape index (κ3) is 4.69. The van der Waals surface area contributed by atoms with Crippen LogP contribution in [0.25, 0.3) is 22.0 Å². The van der Waals surface area contributed by atoms with Gasteiger partial charge >= 0.3 is 5.97 Å². The van der Waals surface area contributed by atoms with Crippen molar-refractivity contribution in [2.75, 3.05) is 4.90 Å². The minimum Gasteiger partial charge on any atom is -0.458 e. The summed E-state index contributed by atoms with van der Waals surface area (Å²) in [6.07, 6.45) is 9.35. The first-order valence-electron chi connectivity index (χ1n) is 13.4. The fraction of sp³-hybridized carbons (Fsp3) is 0.111. The van der Waals surface area contributed by atoms with Crippen molar-refractivity contribution >= 4 is 45.2 Å². The van der Waals surface area contributed by atoms with Crippen LogP contribution in [-0.2, 0) is 33.8 Å². The molecular formula is C36H29NO3. The van der Waals surface area contributed by atoms with Crippen molar-refractivity contribution in [3.63, 3.8) is 0 Å². The van der Waals surface area contributed by atoms with Crippen molar-refractivity contribution < 1.29 is 14.3 Å². The van der Waals surface area contributed by atoms with Gasteiger partial charge in [0.25, 0.3) is 0 Å². The molecule has 0 saturated carbocycles. The molecule has 0 unspecified atom stereocenters. The van der Waals surface area contributed by atoms with Crippen LogP contribution in [0.3, 0.4) is 0 Å². The molecule has 4 aromatic rings. The van der Waals surface area contributed by atoms with Crippen molar-refractivity contribution in [1.29, 1.82) is 0 Å². The Bertz CT molecular complexity index is 1720. The highest BCUT2D eigenvalue weighted by atomic mass is 16.5. The van der Waals surface area contributed by atoms with Crippen LogP contribution in [0.4, 0.5) is 11.4 Å². The van der Waals surface area contributed by atoms with E-state index in [4.69, 9.17) is 4.74 Å². The predicted molar refractivity (Wildman–Crippen MR) is 162 cm³/mol. The van der Waals surface area contributed by atoms with Crippen LogP contribution in [0.15, 0.2) is 116 Å². The lowest BCUT2D eigenvalue weighted by atomic mass is 9.80. The zero-order valence-electron chi connectivity index (χ0n) is 22.2. The summed E-state index contributed by atoms with van der Waals surface area (Å²) in [5.41, 5.74) is 10.2. The van der Waals surface area contributed by atoms with E-state index in [9.17, 15) is 9.59 Å². The van der Waals surface area contributed by atoms with E-state index in [0.29, 0.717) is 6.42 Å². The molecule has 6 rings (SSSR count).